The number of nitrogens with zero attached hydrogens (tertiary/aromatic N) is 4. The van der Waals surface area contributed by atoms with Crippen LogP contribution in [0.4, 0.5) is 24.7 Å². The van der Waals surface area contributed by atoms with Crippen molar-refractivity contribution in [2.75, 3.05) is 50.5 Å². The minimum absolute atomic E-state index is 0.00643. The van der Waals surface area contributed by atoms with Crippen LogP contribution in [0.1, 0.15) is 44.1 Å². The van der Waals surface area contributed by atoms with Crippen molar-refractivity contribution >= 4 is 33.2 Å². The molecule has 4 fully saturated rings. The van der Waals surface area contributed by atoms with E-state index in [1.165, 1.54) is 25.3 Å². The maximum absolute atomic E-state index is 17.1. The lowest BCUT2D eigenvalue weighted by molar-refractivity contribution is 0.108. The first-order valence-corrected chi connectivity index (χ1v) is 15.9. The number of nitrogens with two attached hydrogens (primary N) is 1. The van der Waals surface area contributed by atoms with Crippen molar-refractivity contribution in [1.29, 1.82) is 0 Å². The molecule has 0 radical (unpaired) electrons. The minimum atomic E-state index is -0.977. The number of piperazine rings is 1. The number of methoxy groups -OCH3 is 1. The van der Waals surface area contributed by atoms with E-state index in [9.17, 15) is 4.39 Å². The summed E-state index contributed by atoms with van der Waals surface area (Å²) in [5, 5.41) is 4.33. The van der Waals surface area contributed by atoms with Gasteiger partial charge in [-0.15, -0.1) is 6.42 Å². The summed E-state index contributed by atoms with van der Waals surface area (Å²) in [7, 11) is 1.33. The Kier molecular flexibility index (Phi) is 6.92. The highest BCUT2D eigenvalue weighted by Gasteiger charge is 2.45. The lowest BCUT2D eigenvalue weighted by Gasteiger charge is -2.35. The average Bonchev–Trinajstić information content (AvgIpc) is 3.73. The number of fused-ring (bicyclic) bond motifs is 5. The van der Waals surface area contributed by atoms with Crippen LogP contribution < -0.4 is 25.4 Å². The second-order valence-electron chi connectivity index (χ2n) is 13.1. The lowest BCUT2D eigenvalue weighted by Crippen LogP contribution is -2.51. The van der Waals surface area contributed by atoms with Crippen LogP contribution in [-0.4, -0.2) is 72.4 Å². The second kappa shape index (κ2) is 10.9. The van der Waals surface area contributed by atoms with Gasteiger partial charge >= 0.3 is 6.01 Å². The fraction of sp³-hybridized carbons (Fsp3) is 0.429. The summed E-state index contributed by atoms with van der Waals surface area (Å²) in [6, 6.07) is 6.17. The van der Waals surface area contributed by atoms with Gasteiger partial charge in [0.25, 0.3) is 0 Å². The molecule has 0 spiro atoms. The molecule has 1 aromatic heterocycles. The third kappa shape index (κ3) is 4.45. The molecular weight excluding hydrogens is 593 g/mol. The molecule has 5 heterocycles. The number of benzene rings is 3. The number of rotatable bonds is 6. The van der Waals surface area contributed by atoms with Crippen LogP contribution in [-0.2, 0) is 0 Å². The van der Waals surface area contributed by atoms with Crippen LogP contribution in [0.2, 0.25) is 0 Å². The van der Waals surface area contributed by atoms with Crippen LogP contribution in [0.15, 0.2) is 24.3 Å². The molecule has 0 aliphatic carbocycles. The smallest absolute Gasteiger partial charge is 0.319 e. The van der Waals surface area contributed by atoms with Gasteiger partial charge in [-0.05, 0) is 80.8 Å². The Hall–Kier alpha value is -4.27. The fourth-order valence-electron chi connectivity index (χ4n) is 8.39. The molecule has 8 rings (SSSR count). The van der Waals surface area contributed by atoms with E-state index >= 15 is 8.78 Å². The van der Waals surface area contributed by atoms with Crippen LogP contribution >= 0.6 is 0 Å². The van der Waals surface area contributed by atoms with Gasteiger partial charge in [0.15, 0.2) is 17.4 Å². The number of nitrogens with one attached hydrogen (secondary N) is 1. The molecule has 4 aromatic rings. The molecule has 4 aliphatic heterocycles. The number of hydrogen-bond donors (Lipinski definition) is 2. The van der Waals surface area contributed by atoms with Gasteiger partial charge in [0.1, 0.15) is 23.8 Å². The van der Waals surface area contributed by atoms with Gasteiger partial charge in [-0.2, -0.15) is 9.97 Å². The molecular formula is C35H35F3N6O2. The zero-order valence-corrected chi connectivity index (χ0v) is 25.6. The Morgan fingerprint density at radius 1 is 1.04 bits per heavy atom. The lowest BCUT2D eigenvalue weighted by atomic mass is 9.92. The predicted octanol–water partition coefficient (Wildman–Crippen LogP) is 5.39. The molecule has 2 bridgehead atoms. The second-order valence-corrected chi connectivity index (χ2v) is 13.1. The van der Waals surface area contributed by atoms with E-state index < -0.39 is 23.0 Å². The monoisotopic (exact) mass is 628 g/mol. The van der Waals surface area contributed by atoms with E-state index in [0.717, 1.165) is 51.6 Å². The molecule has 4 saturated heterocycles. The van der Waals surface area contributed by atoms with E-state index in [1.807, 2.05) is 4.90 Å². The Morgan fingerprint density at radius 3 is 2.48 bits per heavy atom. The predicted molar refractivity (Wildman–Crippen MR) is 172 cm³/mol. The molecule has 3 aromatic carbocycles. The number of ether oxygens (including phenoxy) is 2. The number of terminal acetylenes is 1. The summed E-state index contributed by atoms with van der Waals surface area (Å²) in [6.07, 6.45) is 12.0. The van der Waals surface area contributed by atoms with E-state index in [1.54, 1.807) is 6.07 Å². The summed E-state index contributed by atoms with van der Waals surface area (Å²) < 4.78 is 60.9. The highest BCUT2D eigenvalue weighted by molar-refractivity contribution is 6.06. The summed E-state index contributed by atoms with van der Waals surface area (Å²) in [6.45, 7) is 3.65. The third-order valence-electron chi connectivity index (χ3n) is 10.4. The number of anilines is 2. The highest BCUT2D eigenvalue weighted by atomic mass is 19.1. The van der Waals surface area contributed by atoms with E-state index in [0.29, 0.717) is 30.9 Å². The largest absolute Gasteiger partial charge is 0.493 e. The molecule has 4 aliphatic rings. The maximum atomic E-state index is 17.1. The normalized spacial score (nSPS) is 22.0. The summed E-state index contributed by atoms with van der Waals surface area (Å²) in [5.74, 6) is -0.122. The van der Waals surface area contributed by atoms with Crippen LogP contribution in [0.3, 0.4) is 0 Å². The summed E-state index contributed by atoms with van der Waals surface area (Å²) in [5.41, 5.74) is 5.62. The first-order valence-electron chi connectivity index (χ1n) is 15.9. The fourth-order valence-corrected chi connectivity index (χ4v) is 8.39. The van der Waals surface area contributed by atoms with Gasteiger partial charge in [-0.25, -0.2) is 13.2 Å². The van der Waals surface area contributed by atoms with E-state index in [2.05, 4.69) is 21.1 Å². The summed E-state index contributed by atoms with van der Waals surface area (Å²) in [4.78, 5) is 13.9. The number of hydrogen-bond acceptors (Lipinski definition) is 8. The Morgan fingerprint density at radius 2 is 1.78 bits per heavy atom. The molecule has 3 N–H and O–H groups in total. The van der Waals surface area contributed by atoms with Gasteiger partial charge in [0.05, 0.1) is 29.2 Å². The third-order valence-corrected chi connectivity index (χ3v) is 10.4. The van der Waals surface area contributed by atoms with Crippen LogP contribution in [0.5, 0.6) is 11.8 Å². The van der Waals surface area contributed by atoms with Crippen LogP contribution in [0.25, 0.3) is 32.8 Å². The highest BCUT2D eigenvalue weighted by Crippen LogP contribution is 2.46. The molecule has 46 heavy (non-hydrogen) atoms. The first-order chi connectivity index (χ1) is 22.3. The van der Waals surface area contributed by atoms with E-state index in [-0.39, 0.29) is 62.5 Å². The standard InChI is InChI=1S/C35H35F3N6O2/c1-3-23-25(36)9-6-19-14-20(39)15-24(26(19)23)27-29(37)31-28(32(45-2)30(27)38)33(43-16-21-7-8-22(17-43)40-21)42-34(41-31)46-18-35-10-4-12-44(35)13-5-11-35/h1,6,9,14-15,21-22,40H,4-5,7-8,10-13,16-18,39H2,2H3. The van der Waals surface area contributed by atoms with Crippen molar-refractivity contribution in [2.45, 2.75) is 56.1 Å². The molecule has 0 saturated carbocycles. The van der Waals surface area contributed by atoms with Crippen molar-refractivity contribution in [3.05, 3.63) is 47.3 Å². The minimum Gasteiger partial charge on any atom is -0.493 e. The van der Waals surface area contributed by atoms with Gasteiger partial charge < -0.3 is 25.4 Å². The molecule has 238 valence electrons. The average molecular weight is 629 g/mol. The van der Waals surface area contributed by atoms with Gasteiger partial charge in [-0.3, -0.25) is 4.90 Å². The zero-order chi connectivity index (χ0) is 31.7. The molecule has 11 heteroatoms. The van der Waals surface area contributed by atoms with Crippen molar-refractivity contribution in [3.8, 4) is 35.2 Å². The van der Waals surface area contributed by atoms with E-state index in [4.69, 9.17) is 26.6 Å². The van der Waals surface area contributed by atoms with Crippen molar-refractivity contribution in [2.24, 2.45) is 0 Å². The first kappa shape index (κ1) is 29.2. The van der Waals surface area contributed by atoms with Crippen molar-refractivity contribution in [3.63, 3.8) is 0 Å². The quantitative estimate of drug-likeness (QED) is 0.217. The van der Waals surface area contributed by atoms with Gasteiger partial charge in [0.2, 0.25) is 0 Å². The number of nitrogen functional groups attached to an aromatic ring is 1. The Balaban J connectivity index is 1.36. The molecule has 2 unspecified atom stereocenters. The van der Waals surface area contributed by atoms with Gasteiger partial charge in [0, 0.05) is 36.2 Å². The molecule has 0 amide bonds. The van der Waals surface area contributed by atoms with Crippen LogP contribution in [0, 0.1) is 29.8 Å². The topological polar surface area (TPSA) is 88.8 Å². The Bertz CT molecular complexity index is 1920. The number of halogens is 3. The Labute approximate surface area is 265 Å². The maximum Gasteiger partial charge on any atom is 0.319 e. The van der Waals surface area contributed by atoms with Crippen molar-refractivity contribution in [1.82, 2.24) is 20.2 Å². The van der Waals surface area contributed by atoms with Gasteiger partial charge in [-0.1, -0.05) is 12.0 Å². The zero-order valence-electron chi connectivity index (χ0n) is 25.6. The summed E-state index contributed by atoms with van der Waals surface area (Å²) >= 11 is 0. The van der Waals surface area contributed by atoms with Crippen molar-refractivity contribution < 1.29 is 22.6 Å². The number of aromatic nitrogens is 2. The molecule has 2 atom stereocenters. The molecule has 8 nitrogen and oxygen atoms in total. The SMILES string of the molecule is C#Cc1c(F)ccc2cc(N)cc(-c3c(F)c(OC)c4c(N5CC6CCC(C5)N6)nc(OCC56CCCN5CCC6)nc4c3F)c12.